The first-order valence-corrected chi connectivity index (χ1v) is 6.74. The summed E-state index contributed by atoms with van der Waals surface area (Å²) in [6.45, 7) is 6.00. The molecular weight excluding hydrogens is 247 g/mol. The van der Waals surface area contributed by atoms with E-state index in [9.17, 15) is 14.6 Å². The fourth-order valence-electron chi connectivity index (χ4n) is 1.93. The van der Waals surface area contributed by atoms with Gasteiger partial charge in [0.15, 0.2) is 0 Å². The zero-order chi connectivity index (χ0) is 14.4. The van der Waals surface area contributed by atoms with Gasteiger partial charge in [-0.15, -0.1) is 0 Å². The molecule has 0 aliphatic carbocycles. The Morgan fingerprint density at radius 2 is 1.95 bits per heavy atom. The minimum atomic E-state index is -0.822. The molecule has 1 aromatic rings. The van der Waals surface area contributed by atoms with Crippen LogP contribution in [0.5, 0.6) is 5.75 Å². The summed E-state index contributed by atoms with van der Waals surface area (Å²) in [4.78, 5) is 0. The maximum Gasteiger partial charge on any atom is 0.123 e. The smallest absolute Gasteiger partial charge is 0.123 e. The van der Waals surface area contributed by atoms with Gasteiger partial charge in [-0.3, -0.25) is 0 Å². The van der Waals surface area contributed by atoms with Gasteiger partial charge in [0.1, 0.15) is 11.6 Å². The third-order valence-electron chi connectivity index (χ3n) is 3.12. The number of aliphatic hydroxyl groups excluding tert-OH is 2. The van der Waals surface area contributed by atoms with Crippen LogP contribution in [-0.2, 0) is 0 Å². The number of benzene rings is 1. The van der Waals surface area contributed by atoms with Gasteiger partial charge in [0.25, 0.3) is 0 Å². The first-order chi connectivity index (χ1) is 8.95. The summed E-state index contributed by atoms with van der Waals surface area (Å²) < 4.78 is 19.0. The summed E-state index contributed by atoms with van der Waals surface area (Å²) in [5.41, 5.74) is 0.730. The largest absolute Gasteiger partial charge is 0.493 e. The molecule has 0 aliphatic rings. The predicted molar refractivity (Wildman–Crippen MR) is 72.9 cm³/mol. The second kappa shape index (κ2) is 7.46. The van der Waals surface area contributed by atoms with E-state index in [4.69, 9.17) is 4.74 Å². The minimum absolute atomic E-state index is 0.0906. The number of halogens is 1. The van der Waals surface area contributed by atoms with Crippen molar-refractivity contribution in [3.8, 4) is 5.75 Å². The molecule has 0 saturated carbocycles. The average Bonchev–Trinajstić information content (AvgIpc) is 2.36. The Bertz CT molecular complexity index is 393. The maximum absolute atomic E-state index is 13.4. The van der Waals surface area contributed by atoms with E-state index in [-0.39, 0.29) is 11.7 Å². The van der Waals surface area contributed by atoms with Crippen LogP contribution in [0.25, 0.3) is 0 Å². The highest BCUT2D eigenvalue weighted by Crippen LogP contribution is 2.31. The monoisotopic (exact) mass is 270 g/mol. The van der Waals surface area contributed by atoms with Crippen molar-refractivity contribution in [2.75, 3.05) is 6.61 Å². The SMILES string of the molecule is CCCOc1ccc(F)cc1C(C)CC(O)C(C)O. The molecule has 3 atom stereocenters. The molecular formula is C15H23FO3. The van der Waals surface area contributed by atoms with Gasteiger partial charge < -0.3 is 14.9 Å². The molecule has 19 heavy (non-hydrogen) atoms. The molecule has 0 aliphatic heterocycles. The lowest BCUT2D eigenvalue weighted by atomic mass is 9.92. The Kier molecular flexibility index (Phi) is 6.25. The lowest BCUT2D eigenvalue weighted by molar-refractivity contribution is 0.0226. The van der Waals surface area contributed by atoms with E-state index in [0.29, 0.717) is 18.8 Å². The van der Waals surface area contributed by atoms with Crippen LogP contribution in [0.1, 0.15) is 45.1 Å². The van der Waals surface area contributed by atoms with Gasteiger partial charge in [-0.05, 0) is 49.4 Å². The third kappa shape index (κ3) is 4.80. The van der Waals surface area contributed by atoms with Crippen LogP contribution in [0, 0.1) is 5.82 Å². The lowest BCUT2D eigenvalue weighted by Crippen LogP contribution is -2.24. The number of hydrogen-bond donors (Lipinski definition) is 2. The second-order valence-electron chi connectivity index (χ2n) is 4.98. The van der Waals surface area contributed by atoms with Crippen LogP contribution in [0.15, 0.2) is 18.2 Å². The van der Waals surface area contributed by atoms with Crippen molar-refractivity contribution in [3.63, 3.8) is 0 Å². The van der Waals surface area contributed by atoms with Gasteiger partial charge in [-0.2, -0.15) is 0 Å². The molecule has 0 fully saturated rings. The van der Waals surface area contributed by atoms with E-state index in [1.54, 1.807) is 6.07 Å². The van der Waals surface area contributed by atoms with E-state index in [1.165, 1.54) is 19.1 Å². The number of aliphatic hydroxyl groups is 2. The molecule has 3 unspecified atom stereocenters. The molecule has 0 spiro atoms. The predicted octanol–water partition coefficient (Wildman–Crippen LogP) is 2.85. The lowest BCUT2D eigenvalue weighted by Gasteiger charge is -2.21. The van der Waals surface area contributed by atoms with Crippen LogP contribution in [0.4, 0.5) is 4.39 Å². The molecule has 0 saturated heterocycles. The van der Waals surface area contributed by atoms with Crippen molar-refractivity contribution in [2.24, 2.45) is 0 Å². The molecule has 2 N–H and O–H groups in total. The van der Waals surface area contributed by atoms with Crippen molar-refractivity contribution < 1.29 is 19.3 Å². The fraction of sp³-hybridized carbons (Fsp3) is 0.600. The summed E-state index contributed by atoms with van der Waals surface area (Å²) in [6.07, 6.45) is -0.376. The second-order valence-corrected chi connectivity index (χ2v) is 4.98. The Hall–Kier alpha value is -1.13. The van der Waals surface area contributed by atoms with E-state index in [0.717, 1.165) is 12.0 Å². The highest BCUT2D eigenvalue weighted by molar-refractivity contribution is 5.36. The maximum atomic E-state index is 13.4. The van der Waals surface area contributed by atoms with Gasteiger partial charge in [0.05, 0.1) is 18.8 Å². The van der Waals surface area contributed by atoms with Crippen LogP contribution in [0.3, 0.4) is 0 Å². The topological polar surface area (TPSA) is 49.7 Å². The van der Waals surface area contributed by atoms with Crippen LogP contribution < -0.4 is 4.74 Å². The normalized spacial score (nSPS) is 15.9. The first-order valence-electron chi connectivity index (χ1n) is 6.74. The van der Waals surface area contributed by atoms with E-state index < -0.39 is 12.2 Å². The van der Waals surface area contributed by atoms with Crippen molar-refractivity contribution in [1.82, 2.24) is 0 Å². The Morgan fingerprint density at radius 1 is 1.26 bits per heavy atom. The summed E-state index contributed by atoms with van der Waals surface area (Å²) in [6, 6.07) is 4.42. The van der Waals surface area contributed by atoms with Gasteiger partial charge >= 0.3 is 0 Å². The summed E-state index contributed by atoms with van der Waals surface area (Å²) in [5.74, 6) is 0.234. The molecule has 0 bridgehead atoms. The standard InChI is InChI=1S/C15H23FO3/c1-4-7-19-15-6-5-12(16)9-13(15)10(2)8-14(18)11(3)17/h5-6,9-11,14,17-18H,4,7-8H2,1-3H3. The van der Waals surface area contributed by atoms with Crippen molar-refractivity contribution in [3.05, 3.63) is 29.6 Å². The molecule has 0 heterocycles. The Morgan fingerprint density at radius 3 is 2.53 bits per heavy atom. The van der Waals surface area contributed by atoms with Crippen LogP contribution >= 0.6 is 0 Å². The fourth-order valence-corrected chi connectivity index (χ4v) is 1.93. The van der Waals surface area contributed by atoms with E-state index in [1.807, 2.05) is 13.8 Å². The third-order valence-corrected chi connectivity index (χ3v) is 3.12. The van der Waals surface area contributed by atoms with Crippen molar-refractivity contribution in [2.45, 2.75) is 51.7 Å². The van der Waals surface area contributed by atoms with Crippen LogP contribution in [0.2, 0.25) is 0 Å². The van der Waals surface area contributed by atoms with Crippen LogP contribution in [-0.4, -0.2) is 29.0 Å². The summed E-state index contributed by atoms with van der Waals surface area (Å²) in [7, 11) is 0. The van der Waals surface area contributed by atoms with Crippen molar-refractivity contribution >= 4 is 0 Å². The number of rotatable bonds is 7. The van der Waals surface area contributed by atoms with Gasteiger partial charge in [0.2, 0.25) is 0 Å². The highest BCUT2D eigenvalue weighted by Gasteiger charge is 2.19. The molecule has 108 valence electrons. The summed E-state index contributed by atoms with van der Waals surface area (Å²) in [5, 5.41) is 19.0. The molecule has 3 nitrogen and oxygen atoms in total. The van der Waals surface area contributed by atoms with E-state index >= 15 is 0 Å². The molecule has 0 amide bonds. The molecule has 1 rings (SSSR count). The first kappa shape index (κ1) is 15.9. The molecule has 4 heteroatoms. The zero-order valence-corrected chi connectivity index (χ0v) is 11.8. The highest BCUT2D eigenvalue weighted by atomic mass is 19.1. The molecule has 1 aromatic carbocycles. The van der Waals surface area contributed by atoms with Gasteiger partial charge in [-0.25, -0.2) is 4.39 Å². The van der Waals surface area contributed by atoms with Gasteiger partial charge in [0, 0.05) is 0 Å². The minimum Gasteiger partial charge on any atom is -0.493 e. The molecule has 0 aromatic heterocycles. The molecule has 0 radical (unpaired) electrons. The average molecular weight is 270 g/mol. The Balaban J connectivity index is 2.86. The van der Waals surface area contributed by atoms with E-state index in [2.05, 4.69) is 0 Å². The number of ether oxygens (including phenoxy) is 1. The number of hydrogen-bond acceptors (Lipinski definition) is 3. The van der Waals surface area contributed by atoms with Crippen molar-refractivity contribution in [1.29, 1.82) is 0 Å². The Labute approximate surface area is 114 Å². The van der Waals surface area contributed by atoms with Gasteiger partial charge in [-0.1, -0.05) is 13.8 Å². The quantitative estimate of drug-likeness (QED) is 0.801. The summed E-state index contributed by atoms with van der Waals surface area (Å²) >= 11 is 0. The zero-order valence-electron chi connectivity index (χ0n) is 11.8.